The molecule has 7 heteroatoms. The van der Waals surface area contributed by atoms with Crippen LogP contribution >= 0.6 is 0 Å². The van der Waals surface area contributed by atoms with Crippen LogP contribution in [0.25, 0.3) is 10.9 Å². The minimum Gasteiger partial charge on any atom is -0.343 e. The van der Waals surface area contributed by atoms with Gasteiger partial charge in [0.05, 0.1) is 10.5 Å². The number of para-hydroxylation sites is 1. The topological polar surface area (TPSA) is 34.0 Å². The van der Waals surface area contributed by atoms with Gasteiger partial charge in [-0.15, -0.1) is 0 Å². The Hall–Kier alpha value is -2.12. The van der Waals surface area contributed by atoms with Crippen molar-refractivity contribution in [2.75, 3.05) is 6.54 Å². The summed E-state index contributed by atoms with van der Waals surface area (Å²) in [6.07, 6.45) is -2.42. The van der Waals surface area contributed by atoms with Crippen LogP contribution in [0.3, 0.4) is 0 Å². The van der Waals surface area contributed by atoms with Gasteiger partial charge in [0.15, 0.2) is 0 Å². The fourth-order valence-corrected chi connectivity index (χ4v) is 3.58. The number of halogens is 3. The Morgan fingerprint density at radius 3 is 2.44 bits per heavy atom. The van der Waals surface area contributed by atoms with Crippen LogP contribution in [0, 0.1) is 0 Å². The molecule has 2 atom stereocenters. The van der Waals surface area contributed by atoms with E-state index in [4.69, 9.17) is 0 Å². The van der Waals surface area contributed by atoms with Gasteiger partial charge in [0.1, 0.15) is 11.0 Å². The van der Waals surface area contributed by atoms with Crippen molar-refractivity contribution in [2.45, 2.75) is 24.0 Å². The third-order valence-electron chi connectivity index (χ3n) is 4.01. The van der Waals surface area contributed by atoms with Crippen LogP contribution < -0.4 is 4.72 Å². The van der Waals surface area contributed by atoms with Gasteiger partial charge in [-0.25, -0.2) is 8.93 Å². The van der Waals surface area contributed by atoms with E-state index in [9.17, 15) is 17.4 Å². The van der Waals surface area contributed by atoms with Crippen LogP contribution in [0.15, 0.2) is 65.7 Å². The largest absolute Gasteiger partial charge is 0.416 e. The molecule has 2 unspecified atom stereocenters. The van der Waals surface area contributed by atoms with Gasteiger partial charge in [0, 0.05) is 24.3 Å². The lowest BCUT2D eigenvalue weighted by molar-refractivity contribution is -0.137. The standard InChI is InChI=1S/C18H17F3N2OS/c1-13(23-11-10-14-4-2-3-5-17(14)23)12-22-25(24)16-8-6-15(7-9-16)18(19,20)21/h2-11,13,22H,12H2,1H3. The lowest BCUT2D eigenvalue weighted by atomic mass is 10.2. The normalized spacial score (nSPS) is 14.6. The Bertz CT molecular complexity index is 887. The zero-order valence-corrected chi connectivity index (χ0v) is 14.3. The van der Waals surface area contributed by atoms with Crippen LogP contribution in [-0.2, 0) is 17.2 Å². The van der Waals surface area contributed by atoms with E-state index in [0.29, 0.717) is 11.4 Å². The zero-order chi connectivity index (χ0) is 18.0. The average molecular weight is 366 g/mol. The fraction of sp³-hybridized carbons (Fsp3) is 0.222. The first-order valence-electron chi connectivity index (χ1n) is 7.74. The summed E-state index contributed by atoms with van der Waals surface area (Å²) in [4.78, 5) is 0.317. The highest BCUT2D eigenvalue weighted by Gasteiger charge is 2.30. The maximum Gasteiger partial charge on any atom is 0.416 e. The lowest BCUT2D eigenvalue weighted by Gasteiger charge is -2.16. The van der Waals surface area contributed by atoms with E-state index in [1.165, 1.54) is 12.1 Å². The molecule has 0 fully saturated rings. The van der Waals surface area contributed by atoms with E-state index in [1.54, 1.807) is 0 Å². The second-order valence-electron chi connectivity index (χ2n) is 5.77. The molecule has 0 aliphatic carbocycles. The van der Waals surface area contributed by atoms with Gasteiger partial charge >= 0.3 is 6.18 Å². The molecule has 3 aromatic rings. The van der Waals surface area contributed by atoms with Crippen molar-refractivity contribution in [1.82, 2.24) is 9.29 Å². The van der Waals surface area contributed by atoms with Crippen LogP contribution in [-0.4, -0.2) is 15.3 Å². The van der Waals surface area contributed by atoms with Crippen molar-refractivity contribution in [3.8, 4) is 0 Å². The summed E-state index contributed by atoms with van der Waals surface area (Å²) in [5, 5.41) is 1.12. The summed E-state index contributed by atoms with van der Waals surface area (Å²) in [7, 11) is -1.57. The molecule has 0 radical (unpaired) electrons. The minimum atomic E-state index is -4.39. The molecule has 3 nitrogen and oxygen atoms in total. The Labute approximate surface area is 146 Å². The molecule has 0 spiro atoms. The number of hydrogen-bond donors (Lipinski definition) is 1. The van der Waals surface area contributed by atoms with Gasteiger partial charge in [0.25, 0.3) is 0 Å². The predicted octanol–water partition coefficient (Wildman–Crippen LogP) is 4.53. The Kier molecular flexibility index (Phi) is 4.96. The molecule has 0 saturated heterocycles. The van der Waals surface area contributed by atoms with Crippen molar-refractivity contribution >= 4 is 21.9 Å². The minimum absolute atomic E-state index is 0.0401. The van der Waals surface area contributed by atoms with Crippen molar-refractivity contribution in [2.24, 2.45) is 0 Å². The zero-order valence-electron chi connectivity index (χ0n) is 13.5. The maximum absolute atomic E-state index is 12.6. The summed E-state index contributed by atoms with van der Waals surface area (Å²) >= 11 is 0. The van der Waals surface area contributed by atoms with Crippen molar-refractivity contribution in [1.29, 1.82) is 0 Å². The van der Waals surface area contributed by atoms with Gasteiger partial charge in [0.2, 0.25) is 0 Å². The molecule has 1 N–H and O–H groups in total. The Morgan fingerprint density at radius 2 is 1.76 bits per heavy atom. The quantitative estimate of drug-likeness (QED) is 0.707. The van der Waals surface area contributed by atoms with Gasteiger partial charge in [-0.1, -0.05) is 18.2 Å². The summed E-state index contributed by atoms with van der Waals surface area (Å²) in [6.45, 7) is 2.41. The highest BCUT2D eigenvalue weighted by atomic mass is 32.2. The van der Waals surface area contributed by atoms with Gasteiger partial charge < -0.3 is 4.57 Å². The molecular formula is C18H17F3N2OS. The molecular weight excluding hydrogens is 349 g/mol. The van der Waals surface area contributed by atoms with Gasteiger partial charge in [-0.05, 0) is 48.7 Å². The number of rotatable bonds is 5. The Balaban J connectivity index is 1.65. The number of fused-ring (bicyclic) bond motifs is 1. The van der Waals surface area contributed by atoms with E-state index < -0.39 is 22.7 Å². The van der Waals surface area contributed by atoms with E-state index in [-0.39, 0.29) is 6.04 Å². The summed E-state index contributed by atoms with van der Waals surface area (Å²) < 4.78 is 54.9. The van der Waals surface area contributed by atoms with Crippen LogP contribution in [0.1, 0.15) is 18.5 Å². The van der Waals surface area contributed by atoms with Crippen molar-refractivity contribution in [3.05, 3.63) is 66.4 Å². The first-order chi connectivity index (χ1) is 11.9. The molecule has 1 heterocycles. The van der Waals surface area contributed by atoms with Crippen molar-refractivity contribution < 1.29 is 17.4 Å². The molecule has 25 heavy (non-hydrogen) atoms. The third-order valence-corrected chi connectivity index (χ3v) is 5.14. The second kappa shape index (κ2) is 7.01. The molecule has 132 valence electrons. The second-order valence-corrected chi connectivity index (χ2v) is 7.07. The molecule has 0 aliphatic rings. The molecule has 0 amide bonds. The molecule has 0 aliphatic heterocycles. The molecule has 0 bridgehead atoms. The number of nitrogens with one attached hydrogen (secondary N) is 1. The van der Waals surface area contributed by atoms with E-state index in [0.717, 1.165) is 23.0 Å². The fourth-order valence-electron chi connectivity index (χ4n) is 2.63. The van der Waals surface area contributed by atoms with E-state index >= 15 is 0 Å². The summed E-state index contributed by atoms with van der Waals surface area (Å²) in [5.74, 6) is 0. The molecule has 2 aromatic carbocycles. The number of alkyl halides is 3. The van der Waals surface area contributed by atoms with Crippen LogP contribution in [0.5, 0.6) is 0 Å². The van der Waals surface area contributed by atoms with Gasteiger partial charge in [-0.2, -0.15) is 13.2 Å². The third kappa shape index (κ3) is 3.93. The molecule has 3 rings (SSSR count). The highest BCUT2D eigenvalue weighted by molar-refractivity contribution is 7.83. The van der Waals surface area contributed by atoms with Crippen molar-refractivity contribution in [3.63, 3.8) is 0 Å². The van der Waals surface area contributed by atoms with E-state index in [2.05, 4.69) is 9.29 Å². The number of benzene rings is 2. The Morgan fingerprint density at radius 1 is 1.08 bits per heavy atom. The summed E-state index contributed by atoms with van der Waals surface area (Å²) in [6, 6.07) is 14.4. The summed E-state index contributed by atoms with van der Waals surface area (Å²) in [5.41, 5.74) is 0.331. The number of nitrogens with zero attached hydrogens (tertiary/aromatic N) is 1. The van der Waals surface area contributed by atoms with Crippen LogP contribution in [0.4, 0.5) is 13.2 Å². The highest BCUT2D eigenvalue weighted by Crippen LogP contribution is 2.29. The van der Waals surface area contributed by atoms with Crippen LogP contribution in [0.2, 0.25) is 0 Å². The SMILES string of the molecule is CC(CNS(=O)c1ccc(C(F)(F)F)cc1)n1ccc2ccccc21. The smallest absolute Gasteiger partial charge is 0.343 e. The van der Waals surface area contributed by atoms with Gasteiger partial charge in [-0.3, -0.25) is 0 Å². The molecule has 1 aromatic heterocycles. The first-order valence-corrected chi connectivity index (χ1v) is 8.89. The monoisotopic (exact) mass is 366 g/mol. The first kappa shape index (κ1) is 17.7. The lowest BCUT2D eigenvalue weighted by Crippen LogP contribution is -2.25. The average Bonchev–Trinajstić information content (AvgIpc) is 3.03. The molecule has 0 saturated carbocycles. The number of aromatic nitrogens is 1. The number of hydrogen-bond acceptors (Lipinski definition) is 1. The maximum atomic E-state index is 12.6. The van der Waals surface area contributed by atoms with E-state index in [1.807, 2.05) is 43.5 Å². The predicted molar refractivity (Wildman–Crippen MR) is 92.5 cm³/mol.